The maximum atomic E-state index is 11.7. The van der Waals surface area contributed by atoms with Crippen LogP contribution in [0.2, 0.25) is 0 Å². The van der Waals surface area contributed by atoms with Crippen molar-refractivity contribution in [2.24, 2.45) is 7.05 Å². The Morgan fingerprint density at radius 1 is 1.37 bits per heavy atom. The molecule has 8 heteroatoms. The average Bonchev–Trinajstić information content (AvgIpc) is 2.70. The van der Waals surface area contributed by atoms with Gasteiger partial charge in [-0.3, -0.25) is 4.68 Å². The van der Waals surface area contributed by atoms with E-state index < -0.39 is 10.0 Å². The van der Waals surface area contributed by atoms with Gasteiger partial charge in [0.05, 0.1) is 5.75 Å². The van der Waals surface area contributed by atoms with Crippen LogP contribution in [0.25, 0.3) is 0 Å². The number of rotatable bonds is 9. The Bertz CT molecular complexity index is 469. The highest BCUT2D eigenvalue weighted by atomic mass is 32.2. The molecule has 0 aliphatic rings. The normalized spacial score (nSPS) is 12.2. The number of sulfonamides is 1. The molecule has 1 aromatic rings. The molecule has 0 amide bonds. The molecule has 0 spiro atoms. The van der Waals surface area contributed by atoms with Crippen molar-refractivity contribution in [1.82, 2.24) is 24.8 Å². The number of aromatic nitrogens is 3. The first-order valence-corrected chi connectivity index (χ1v) is 8.09. The number of aryl methyl sites for hydroxylation is 1. The van der Waals surface area contributed by atoms with Gasteiger partial charge in [-0.15, -0.1) is 0 Å². The van der Waals surface area contributed by atoms with Gasteiger partial charge in [-0.1, -0.05) is 13.8 Å². The Balaban J connectivity index is 2.19. The Morgan fingerprint density at radius 2 is 2.11 bits per heavy atom. The van der Waals surface area contributed by atoms with E-state index in [4.69, 9.17) is 0 Å². The average molecular weight is 289 g/mol. The van der Waals surface area contributed by atoms with E-state index in [-0.39, 0.29) is 5.75 Å². The third kappa shape index (κ3) is 7.24. The Hall–Kier alpha value is -0.990. The maximum Gasteiger partial charge on any atom is 0.211 e. The van der Waals surface area contributed by atoms with E-state index in [1.807, 2.05) is 13.8 Å². The molecule has 0 saturated carbocycles. The van der Waals surface area contributed by atoms with Crippen molar-refractivity contribution < 1.29 is 8.42 Å². The van der Waals surface area contributed by atoms with Crippen molar-refractivity contribution >= 4 is 10.0 Å². The minimum Gasteiger partial charge on any atom is -0.314 e. The van der Waals surface area contributed by atoms with Crippen molar-refractivity contribution in [1.29, 1.82) is 0 Å². The Kier molecular flexibility index (Phi) is 6.40. The van der Waals surface area contributed by atoms with Crippen LogP contribution in [-0.2, 0) is 23.5 Å². The highest BCUT2D eigenvalue weighted by molar-refractivity contribution is 7.89. The van der Waals surface area contributed by atoms with Gasteiger partial charge in [-0.05, 0) is 13.0 Å². The molecule has 2 N–H and O–H groups in total. The van der Waals surface area contributed by atoms with Crippen molar-refractivity contribution in [2.75, 3.05) is 18.8 Å². The molecule has 0 aliphatic carbocycles. The number of nitrogens with zero attached hydrogens (tertiary/aromatic N) is 3. The maximum absolute atomic E-state index is 11.7. The summed E-state index contributed by atoms with van der Waals surface area (Å²) in [5.74, 6) is 0.786. The SMILES string of the molecule is CC(C)NCCCS(=O)(=O)NCCc1ncn(C)n1. The molecule has 1 rings (SSSR count). The zero-order valence-corrected chi connectivity index (χ0v) is 12.6. The fourth-order valence-corrected chi connectivity index (χ4v) is 2.62. The second-order valence-electron chi connectivity index (χ2n) is 4.76. The van der Waals surface area contributed by atoms with E-state index in [1.54, 1.807) is 18.1 Å². The quantitative estimate of drug-likeness (QED) is 0.607. The van der Waals surface area contributed by atoms with E-state index in [0.717, 1.165) is 0 Å². The molecule has 1 aromatic heterocycles. The van der Waals surface area contributed by atoms with Crippen LogP contribution in [0.4, 0.5) is 0 Å². The van der Waals surface area contributed by atoms with Crippen LogP contribution >= 0.6 is 0 Å². The minimum atomic E-state index is -3.20. The molecule has 0 saturated heterocycles. The first kappa shape index (κ1) is 16.1. The molecule has 7 nitrogen and oxygen atoms in total. The standard InChI is InChI=1S/C11H23N5O2S/c1-10(2)12-6-4-8-19(17,18)14-7-5-11-13-9-16(3)15-11/h9-10,12,14H,4-8H2,1-3H3. The van der Waals surface area contributed by atoms with Crippen molar-refractivity contribution in [3.8, 4) is 0 Å². The molecular formula is C11H23N5O2S. The lowest BCUT2D eigenvalue weighted by atomic mass is 10.4. The molecule has 0 atom stereocenters. The molecule has 0 fully saturated rings. The summed E-state index contributed by atoms with van der Waals surface area (Å²) in [6.45, 7) is 5.11. The lowest BCUT2D eigenvalue weighted by molar-refractivity contribution is 0.560. The number of hydrogen-bond donors (Lipinski definition) is 2. The van der Waals surface area contributed by atoms with E-state index in [1.165, 1.54) is 0 Å². The summed E-state index contributed by atoms with van der Waals surface area (Å²) in [5.41, 5.74) is 0. The van der Waals surface area contributed by atoms with Crippen LogP contribution in [0, 0.1) is 0 Å². The summed E-state index contributed by atoms with van der Waals surface area (Å²) in [5, 5.41) is 7.27. The van der Waals surface area contributed by atoms with Crippen LogP contribution in [-0.4, -0.2) is 48.1 Å². The highest BCUT2D eigenvalue weighted by Gasteiger charge is 2.09. The molecule has 0 radical (unpaired) electrons. The van der Waals surface area contributed by atoms with Crippen LogP contribution in [0.3, 0.4) is 0 Å². The molecule has 0 bridgehead atoms. The smallest absolute Gasteiger partial charge is 0.211 e. The lowest BCUT2D eigenvalue weighted by Crippen LogP contribution is -2.31. The monoisotopic (exact) mass is 289 g/mol. The second-order valence-corrected chi connectivity index (χ2v) is 6.69. The van der Waals surface area contributed by atoms with Crippen LogP contribution in [0.15, 0.2) is 6.33 Å². The van der Waals surface area contributed by atoms with Crippen LogP contribution < -0.4 is 10.0 Å². The van der Waals surface area contributed by atoms with E-state index in [9.17, 15) is 8.42 Å². The zero-order valence-electron chi connectivity index (χ0n) is 11.8. The molecule has 0 unspecified atom stereocenters. The Morgan fingerprint density at radius 3 is 2.68 bits per heavy atom. The van der Waals surface area contributed by atoms with E-state index >= 15 is 0 Å². The number of nitrogens with one attached hydrogen (secondary N) is 2. The molecule has 0 aromatic carbocycles. The summed E-state index contributed by atoms with van der Waals surface area (Å²) in [6.07, 6.45) is 2.71. The van der Waals surface area contributed by atoms with Crippen LogP contribution in [0.1, 0.15) is 26.1 Å². The summed E-state index contributed by atoms with van der Waals surface area (Å²) in [6, 6.07) is 0.380. The van der Waals surface area contributed by atoms with Gasteiger partial charge >= 0.3 is 0 Å². The predicted molar refractivity (Wildman–Crippen MR) is 74.3 cm³/mol. The predicted octanol–water partition coefficient (Wildman–Crippen LogP) is -0.335. The van der Waals surface area contributed by atoms with E-state index in [2.05, 4.69) is 20.1 Å². The third-order valence-corrected chi connectivity index (χ3v) is 3.93. The highest BCUT2D eigenvalue weighted by Crippen LogP contribution is 1.92. The molecule has 1 heterocycles. The lowest BCUT2D eigenvalue weighted by Gasteiger charge is -2.08. The summed E-state index contributed by atoms with van der Waals surface area (Å²) in [4.78, 5) is 4.04. The van der Waals surface area contributed by atoms with Gasteiger partial charge in [0, 0.05) is 26.1 Å². The molecule has 110 valence electrons. The molecule has 0 aliphatic heterocycles. The van der Waals surface area contributed by atoms with Gasteiger partial charge in [0.2, 0.25) is 10.0 Å². The van der Waals surface area contributed by atoms with Crippen molar-refractivity contribution in [2.45, 2.75) is 32.7 Å². The first-order chi connectivity index (χ1) is 8.89. The fourth-order valence-electron chi connectivity index (χ4n) is 1.54. The summed E-state index contributed by atoms with van der Waals surface area (Å²) < 4.78 is 27.5. The molecular weight excluding hydrogens is 266 g/mol. The Labute approximate surface area is 114 Å². The van der Waals surface area contributed by atoms with Gasteiger partial charge in [0.25, 0.3) is 0 Å². The van der Waals surface area contributed by atoms with Crippen molar-refractivity contribution in [3.05, 3.63) is 12.2 Å². The van der Waals surface area contributed by atoms with Gasteiger partial charge in [-0.25, -0.2) is 18.1 Å². The number of hydrogen-bond acceptors (Lipinski definition) is 5. The summed E-state index contributed by atoms with van der Waals surface area (Å²) >= 11 is 0. The second kappa shape index (κ2) is 7.56. The van der Waals surface area contributed by atoms with E-state index in [0.29, 0.717) is 37.8 Å². The van der Waals surface area contributed by atoms with Gasteiger partial charge in [-0.2, -0.15) is 5.10 Å². The third-order valence-electron chi connectivity index (χ3n) is 2.46. The minimum absolute atomic E-state index is 0.141. The fraction of sp³-hybridized carbons (Fsp3) is 0.818. The topological polar surface area (TPSA) is 88.9 Å². The van der Waals surface area contributed by atoms with Gasteiger partial charge < -0.3 is 5.32 Å². The molecule has 19 heavy (non-hydrogen) atoms. The zero-order chi connectivity index (χ0) is 14.3. The first-order valence-electron chi connectivity index (χ1n) is 6.44. The van der Waals surface area contributed by atoms with Gasteiger partial charge in [0.1, 0.15) is 6.33 Å². The van der Waals surface area contributed by atoms with Crippen LogP contribution in [0.5, 0.6) is 0 Å². The summed E-state index contributed by atoms with van der Waals surface area (Å²) in [7, 11) is -1.42. The van der Waals surface area contributed by atoms with Gasteiger partial charge in [0.15, 0.2) is 5.82 Å². The van der Waals surface area contributed by atoms with Crippen molar-refractivity contribution in [3.63, 3.8) is 0 Å². The largest absolute Gasteiger partial charge is 0.314 e.